The van der Waals surface area contributed by atoms with Gasteiger partial charge in [-0.25, -0.2) is 18.6 Å². The van der Waals surface area contributed by atoms with E-state index >= 15 is 0 Å². The fourth-order valence-corrected chi connectivity index (χ4v) is 4.34. The van der Waals surface area contributed by atoms with Crippen molar-refractivity contribution in [1.82, 2.24) is 4.98 Å². The van der Waals surface area contributed by atoms with Crippen LogP contribution in [0.25, 0.3) is 5.57 Å². The van der Waals surface area contributed by atoms with Crippen LogP contribution in [0.2, 0.25) is 0 Å². The van der Waals surface area contributed by atoms with E-state index in [1.807, 2.05) is 5.38 Å². The smallest absolute Gasteiger partial charge is 0.334 e. The molecule has 1 N–H and O–H groups in total. The number of thiazole rings is 1. The first-order valence-electron chi connectivity index (χ1n) is 10.4. The van der Waals surface area contributed by atoms with Crippen molar-refractivity contribution in [2.45, 2.75) is 13.3 Å². The van der Waals surface area contributed by atoms with Gasteiger partial charge in [0.25, 0.3) is 5.91 Å². The molecule has 33 heavy (non-hydrogen) atoms. The summed E-state index contributed by atoms with van der Waals surface area (Å²) in [5, 5.41) is 5.28. The molecule has 0 saturated carbocycles. The Morgan fingerprint density at radius 1 is 1.15 bits per heavy atom. The lowest BCUT2D eigenvalue weighted by molar-refractivity contribution is -0.138. The third-order valence-electron chi connectivity index (χ3n) is 5.24. The molecule has 6 nitrogen and oxygen atoms in total. The lowest BCUT2D eigenvalue weighted by Crippen LogP contribution is -2.33. The number of halogens is 2. The van der Waals surface area contributed by atoms with Gasteiger partial charge in [0.05, 0.1) is 6.61 Å². The minimum Gasteiger partial charge on any atom is -0.463 e. The molecule has 4 rings (SSSR count). The molecule has 0 saturated heterocycles. The summed E-state index contributed by atoms with van der Waals surface area (Å²) < 4.78 is 33.0. The molecule has 9 heteroatoms. The molecule has 0 spiro atoms. The predicted molar refractivity (Wildman–Crippen MR) is 123 cm³/mol. The molecule has 0 atom stereocenters. The van der Waals surface area contributed by atoms with E-state index in [1.165, 1.54) is 17.4 Å². The van der Waals surface area contributed by atoms with Crippen molar-refractivity contribution in [3.05, 3.63) is 82.4 Å². The van der Waals surface area contributed by atoms with Crippen molar-refractivity contribution in [3.8, 4) is 0 Å². The number of nitrogens with zero attached hydrogens (tertiary/aromatic N) is 2. The van der Waals surface area contributed by atoms with Crippen LogP contribution in [0.5, 0.6) is 0 Å². The highest BCUT2D eigenvalue weighted by atomic mass is 32.1. The molecule has 2 aromatic carbocycles. The van der Waals surface area contributed by atoms with Crippen molar-refractivity contribution in [2.24, 2.45) is 0 Å². The summed E-state index contributed by atoms with van der Waals surface area (Å²) >= 11 is 1.52. The van der Waals surface area contributed by atoms with Gasteiger partial charge < -0.3 is 15.0 Å². The van der Waals surface area contributed by atoms with Crippen molar-refractivity contribution >= 4 is 39.6 Å². The summed E-state index contributed by atoms with van der Waals surface area (Å²) in [6.45, 7) is 3.17. The average Bonchev–Trinajstić information content (AvgIpc) is 3.34. The fourth-order valence-electron chi connectivity index (χ4n) is 3.67. The van der Waals surface area contributed by atoms with Crippen LogP contribution < -0.4 is 10.2 Å². The molecule has 0 aliphatic carbocycles. The van der Waals surface area contributed by atoms with Crippen LogP contribution >= 0.6 is 11.3 Å². The van der Waals surface area contributed by atoms with E-state index in [2.05, 4.69) is 15.2 Å². The Kier molecular flexibility index (Phi) is 6.79. The summed E-state index contributed by atoms with van der Waals surface area (Å²) in [6.07, 6.45) is 2.25. The van der Waals surface area contributed by atoms with Gasteiger partial charge in [-0.15, -0.1) is 11.3 Å². The quantitative estimate of drug-likeness (QED) is 0.520. The maximum atomic E-state index is 13.9. The molecule has 0 radical (unpaired) electrons. The Bertz CT molecular complexity index is 1170. The SMILES string of the molecule is CCOC(=O)C1=C(c2ccc(NC(=O)c3c(F)cccc3F)cc2)CN(c2nccs2)CC1. The molecule has 170 valence electrons. The van der Waals surface area contributed by atoms with Crippen LogP contribution in [0.15, 0.2) is 59.6 Å². The number of hydrogen-bond donors (Lipinski definition) is 1. The number of anilines is 2. The van der Waals surface area contributed by atoms with Crippen LogP contribution in [0.1, 0.15) is 29.3 Å². The average molecular weight is 470 g/mol. The maximum Gasteiger partial charge on any atom is 0.334 e. The molecule has 1 aliphatic heterocycles. The monoisotopic (exact) mass is 469 g/mol. The highest BCUT2D eigenvalue weighted by Crippen LogP contribution is 2.32. The first-order valence-corrected chi connectivity index (χ1v) is 11.2. The van der Waals surface area contributed by atoms with Gasteiger partial charge in [0, 0.05) is 35.9 Å². The molecule has 1 aliphatic rings. The fraction of sp³-hybridized carbons (Fsp3) is 0.208. The standard InChI is InChI=1S/C24H21F2N3O3S/c1-2-32-23(31)17-10-12-29(24-27-11-13-33-24)14-18(17)15-6-8-16(9-7-15)28-22(30)21-19(25)4-3-5-20(21)26/h3-9,11,13H,2,10,12,14H2,1H3,(H,28,30). The zero-order valence-electron chi connectivity index (χ0n) is 17.8. The molecule has 0 unspecified atom stereocenters. The van der Waals surface area contributed by atoms with Gasteiger partial charge in [-0.1, -0.05) is 18.2 Å². The van der Waals surface area contributed by atoms with Crippen LogP contribution in [-0.2, 0) is 9.53 Å². The van der Waals surface area contributed by atoms with Gasteiger partial charge in [-0.3, -0.25) is 4.79 Å². The van der Waals surface area contributed by atoms with Crippen LogP contribution in [0.4, 0.5) is 19.6 Å². The van der Waals surface area contributed by atoms with Gasteiger partial charge >= 0.3 is 5.97 Å². The van der Waals surface area contributed by atoms with E-state index in [1.54, 1.807) is 37.4 Å². The highest BCUT2D eigenvalue weighted by Gasteiger charge is 2.26. The normalized spacial score (nSPS) is 13.7. The number of amides is 1. The number of ether oxygens (including phenoxy) is 1. The van der Waals surface area contributed by atoms with Crippen molar-refractivity contribution in [2.75, 3.05) is 29.9 Å². The van der Waals surface area contributed by atoms with E-state index in [0.717, 1.165) is 28.4 Å². The summed E-state index contributed by atoms with van der Waals surface area (Å²) in [6, 6.07) is 10.0. The number of carbonyl (C=O) groups excluding carboxylic acids is 2. The van der Waals surface area contributed by atoms with Crippen molar-refractivity contribution in [1.29, 1.82) is 0 Å². The Morgan fingerprint density at radius 3 is 2.52 bits per heavy atom. The molecular formula is C24H21F2N3O3S. The first kappa shape index (κ1) is 22.6. The topological polar surface area (TPSA) is 71.5 Å². The van der Waals surface area contributed by atoms with Gasteiger partial charge in [0.1, 0.15) is 17.2 Å². The number of aromatic nitrogens is 1. The molecule has 2 heterocycles. The van der Waals surface area contributed by atoms with E-state index in [9.17, 15) is 18.4 Å². The summed E-state index contributed by atoms with van der Waals surface area (Å²) in [5.41, 5.74) is 1.94. The van der Waals surface area contributed by atoms with Crippen LogP contribution in [0, 0.1) is 11.6 Å². The van der Waals surface area contributed by atoms with E-state index in [4.69, 9.17) is 4.74 Å². The second-order valence-corrected chi connectivity index (χ2v) is 8.16. The molecule has 0 fully saturated rings. The Hall–Kier alpha value is -3.59. The molecular weight excluding hydrogens is 448 g/mol. The zero-order chi connectivity index (χ0) is 23.4. The van der Waals surface area contributed by atoms with Gasteiger partial charge in [0.15, 0.2) is 5.13 Å². The maximum absolute atomic E-state index is 13.9. The summed E-state index contributed by atoms with van der Waals surface area (Å²) in [5.74, 6) is -3.09. The van der Waals surface area contributed by atoms with Crippen molar-refractivity contribution in [3.63, 3.8) is 0 Å². The first-order chi connectivity index (χ1) is 16.0. The predicted octanol–water partition coefficient (Wildman–Crippen LogP) is 4.90. The summed E-state index contributed by atoms with van der Waals surface area (Å²) in [4.78, 5) is 31.4. The lowest BCUT2D eigenvalue weighted by atomic mass is 9.94. The van der Waals surface area contributed by atoms with E-state index in [0.29, 0.717) is 30.8 Å². The Labute approximate surface area is 193 Å². The van der Waals surface area contributed by atoms with Gasteiger partial charge in [-0.2, -0.15) is 0 Å². The zero-order valence-corrected chi connectivity index (χ0v) is 18.6. The number of esters is 1. The molecule has 0 bridgehead atoms. The Balaban J connectivity index is 1.59. The van der Waals surface area contributed by atoms with E-state index < -0.39 is 23.1 Å². The highest BCUT2D eigenvalue weighted by molar-refractivity contribution is 7.13. The molecule has 1 aromatic heterocycles. The van der Waals surface area contributed by atoms with Gasteiger partial charge in [0.2, 0.25) is 0 Å². The Morgan fingerprint density at radius 2 is 1.88 bits per heavy atom. The minimum absolute atomic E-state index is 0.281. The van der Waals surface area contributed by atoms with E-state index in [-0.39, 0.29) is 12.6 Å². The molecule has 1 amide bonds. The lowest BCUT2D eigenvalue weighted by Gasteiger charge is -2.30. The number of carbonyl (C=O) groups is 2. The second-order valence-electron chi connectivity index (χ2n) is 7.29. The minimum atomic E-state index is -0.933. The number of hydrogen-bond acceptors (Lipinski definition) is 6. The second kappa shape index (κ2) is 9.91. The van der Waals surface area contributed by atoms with Crippen molar-refractivity contribution < 1.29 is 23.1 Å². The molecule has 3 aromatic rings. The summed E-state index contributed by atoms with van der Waals surface area (Å²) in [7, 11) is 0. The third-order valence-corrected chi connectivity index (χ3v) is 6.07. The van der Waals surface area contributed by atoms with Crippen LogP contribution in [-0.4, -0.2) is 36.6 Å². The van der Waals surface area contributed by atoms with Gasteiger partial charge in [-0.05, 0) is 48.7 Å². The largest absolute Gasteiger partial charge is 0.463 e. The number of benzene rings is 2. The number of nitrogens with one attached hydrogen (secondary N) is 1. The third kappa shape index (κ3) is 4.93. The van der Waals surface area contributed by atoms with Crippen LogP contribution in [0.3, 0.4) is 0 Å². The number of rotatable bonds is 6.